The molecule has 1 aromatic carbocycles. The molecule has 0 spiro atoms. The number of ether oxygens (including phenoxy) is 1. The van der Waals surface area contributed by atoms with Gasteiger partial charge >= 0.3 is 0 Å². The minimum absolute atomic E-state index is 0.129. The second-order valence-corrected chi connectivity index (χ2v) is 7.14. The normalized spacial score (nSPS) is 15.2. The Balaban J connectivity index is 1.52. The van der Waals surface area contributed by atoms with Crippen LogP contribution in [0.15, 0.2) is 30.5 Å². The zero-order chi connectivity index (χ0) is 18.8. The van der Waals surface area contributed by atoms with Gasteiger partial charge in [-0.05, 0) is 56.0 Å². The van der Waals surface area contributed by atoms with Crippen LogP contribution in [-0.4, -0.2) is 34.3 Å². The number of aryl methyl sites for hydroxylation is 2. The van der Waals surface area contributed by atoms with Gasteiger partial charge in [0.05, 0.1) is 17.5 Å². The summed E-state index contributed by atoms with van der Waals surface area (Å²) in [6, 6.07) is 8.02. The molecule has 2 aromatic heterocycles. The van der Waals surface area contributed by atoms with Gasteiger partial charge in [0.1, 0.15) is 0 Å². The van der Waals surface area contributed by atoms with E-state index in [4.69, 9.17) is 4.74 Å². The molecule has 0 saturated carbocycles. The van der Waals surface area contributed by atoms with Crippen LogP contribution in [0.4, 0.5) is 0 Å². The number of benzene rings is 1. The van der Waals surface area contributed by atoms with Gasteiger partial charge < -0.3 is 15.0 Å². The van der Waals surface area contributed by atoms with Gasteiger partial charge in [0.15, 0.2) is 0 Å². The molecule has 3 heterocycles. The number of carbonyl (C=O) groups is 1. The van der Waals surface area contributed by atoms with Crippen LogP contribution in [0.2, 0.25) is 0 Å². The molecule has 1 aliphatic heterocycles. The van der Waals surface area contributed by atoms with Crippen molar-refractivity contribution in [1.82, 2.24) is 20.5 Å². The van der Waals surface area contributed by atoms with Crippen molar-refractivity contribution in [3.63, 3.8) is 0 Å². The molecule has 1 fully saturated rings. The summed E-state index contributed by atoms with van der Waals surface area (Å²) in [6.07, 6.45) is 3.67. The highest BCUT2D eigenvalue weighted by molar-refractivity contribution is 5.95. The van der Waals surface area contributed by atoms with E-state index in [2.05, 4.69) is 45.6 Å². The minimum atomic E-state index is -0.129. The summed E-state index contributed by atoms with van der Waals surface area (Å²) in [5.74, 6) is 0.410. The summed E-state index contributed by atoms with van der Waals surface area (Å²) in [4.78, 5) is 16.0. The van der Waals surface area contributed by atoms with Crippen LogP contribution in [0.25, 0.3) is 10.9 Å². The Hall–Kier alpha value is -2.73. The number of carbonyl (C=O) groups excluding carboxylic acids is 1. The number of rotatable bonds is 4. The van der Waals surface area contributed by atoms with Crippen LogP contribution >= 0.6 is 0 Å². The number of H-pyrrole nitrogens is 1. The maximum absolute atomic E-state index is 12.4. The largest absolute Gasteiger partial charge is 0.381 e. The number of nitrogens with zero attached hydrogens (tertiary/aromatic N) is 2. The van der Waals surface area contributed by atoms with Gasteiger partial charge in [-0.15, -0.1) is 0 Å². The number of aromatic nitrogens is 3. The molecule has 0 radical (unpaired) electrons. The number of nitrogens with one attached hydrogen (secondary N) is 2. The maximum Gasteiger partial charge on any atom is 0.253 e. The van der Waals surface area contributed by atoms with E-state index in [1.54, 1.807) is 13.0 Å². The van der Waals surface area contributed by atoms with E-state index < -0.39 is 0 Å². The van der Waals surface area contributed by atoms with Crippen molar-refractivity contribution in [3.8, 4) is 0 Å². The Morgan fingerprint density at radius 2 is 2.07 bits per heavy atom. The first-order valence-electron chi connectivity index (χ1n) is 9.39. The molecule has 1 saturated heterocycles. The molecule has 0 unspecified atom stereocenters. The Bertz CT molecular complexity index is 973. The fourth-order valence-electron chi connectivity index (χ4n) is 3.82. The molecule has 4 rings (SSSR count). The monoisotopic (exact) mass is 364 g/mol. The topological polar surface area (TPSA) is 79.9 Å². The number of hydrogen-bond donors (Lipinski definition) is 2. The molecule has 0 bridgehead atoms. The third kappa shape index (κ3) is 3.57. The summed E-state index contributed by atoms with van der Waals surface area (Å²) < 4.78 is 5.49. The van der Waals surface area contributed by atoms with Crippen LogP contribution in [0.5, 0.6) is 0 Å². The predicted molar refractivity (Wildman–Crippen MR) is 104 cm³/mol. The van der Waals surface area contributed by atoms with Crippen LogP contribution < -0.4 is 5.32 Å². The molecule has 0 aliphatic carbocycles. The average molecular weight is 364 g/mol. The first kappa shape index (κ1) is 17.7. The van der Waals surface area contributed by atoms with Crippen molar-refractivity contribution < 1.29 is 9.53 Å². The van der Waals surface area contributed by atoms with E-state index in [-0.39, 0.29) is 5.91 Å². The van der Waals surface area contributed by atoms with E-state index in [9.17, 15) is 4.79 Å². The zero-order valence-corrected chi connectivity index (χ0v) is 15.7. The highest BCUT2D eigenvalue weighted by atomic mass is 16.5. The van der Waals surface area contributed by atoms with E-state index in [1.165, 1.54) is 22.8 Å². The predicted octanol–water partition coefficient (Wildman–Crippen LogP) is 3.40. The van der Waals surface area contributed by atoms with Crippen molar-refractivity contribution in [3.05, 3.63) is 58.5 Å². The lowest BCUT2D eigenvalue weighted by Gasteiger charge is -2.21. The molecule has 6 nitrogen and oxygen atoms in total. The van der Waals surface area contributed by atoms with E-state index in [0.29, 0.717) is 23.7 Å². The second-order valence-electron chi connectivity index (χ2n) is 7.14. The van der Waals surface area contributed by atoms with Crippen molar-refractivity contribution in [2.45, 2.75) is 39.2 Å². The lowest BCUT2D eigenvalue weighted by atomic mass is 9.93. The molecule has 3 aromatic rings. The Labute approximate surface area is 158 Å². The smallest absolute Gasteiger partial charge is 0.253 e. The molecule has 0 atom stereocenters. The minimum Gasteiger partial charge on any atom is -0.381 e. The lowest BCUT2D eigenvalue weighted by molar-refractivity contribution is 0.0845. The fraction of sp³-hybridized carbons (Fsp3) is 0.381. The van der Waals surface area contributed by atoms with Crippen molar-refractivity contribution >= 4 is 16.8 Å². The van der Waals surface area contributed by atoms with Crippen molar-refractivity contribution in [2.75, 3.05) is 13.2 Å². The molecule has 140 valence electrons. The second kappa shape index (κ2) is 7.48. The van der Waals surface area contributed by atoms with Gasteiger partial charge in [-0.1, -0.05) is 6.07 Å². The van der Waals surface area contributed by atoms with Gasteiger partial charge in [0, 0.05) is 42.3 Å². The summed E-state index contributed by atoms with van der Waals surface area (Å²) in [5.41, 5.74) is 6.06. The maximum atomic E-state index is 12.4. The quantitative estimate of drug-likeness (QED) is 0.744. The van der Waals surface area contributed by atoms with Gasteiger partial charge in [0.2, 0.25) is 0 Å². The van der Waals surface area contributed by atoms with Gasteiger partial charge in [0.25, 0.3) is 5.91 Å². The third-order valence-corrected chi connectivity index (χ3v) is 5.39. The molecular formula is C21H24N4O2. The summed E-state index contributed by atoms with van der Waals surface area (Å²) in [7, 11) is 0. The van der Waals surface area contributed by atoms with E-state index >= 15 is 0 Å². The van der Waals surface area contributed by atoms with Crippen LogP contribution in [0.1, 0.15) is 51.6 Å². The molecule has 27 heavy (non-hydrogen) atoms. The van der Waals surface area contributed by atoms with Crippen molar-refractivity contribution in [1.29, 1.82) is 0 Å². The zero-order valence-electron chi connectivity index (χ0n) is 15.7. The van der Waals surface area contributed by atoms with E-state index in [1.807, 2.05) is 0 Å². The number of amides is 1. The Morgan fingerprint density at radius 3 is 2.85 bits per heavy atom. The summed E-state index contributed by atoms with van der Waals surface area (Å²) >= 11 is 0. The summed E-state index contributed by atoms with van der Waals surface area (Å²) in [6.45, 7) is 6.11. The molecule has 6 heteroatoms. The molecule has 1 aliphatic rings. The molecule has 2 N–H and O–H groups in total. The first-order chi connectivity index (χ1) is 13.1. The standard InChI is InChI=1S/C21H24N4O2/c1-13-18-11-15(12-22-21(26)17-5-8-23-25-14(17)2)3-4-19(18)24-20(13)16-6-9-27-10-7-16/h3-5,8,11,16,24H,6-7,9-10,12H2,1-2H3,(H,22,26). The number of hydrogen-bond acceptors (Lipinski definition) is 4. The van der Waals surface area contributed by atoms with Crippen LogP contribution in [0.3, 0.4) is 0 Å². The first-order valence-corrected chi connectivity index (χ1v) is 9.39. The summed E-state index contributed by atoms with van der Waals surface area (Å²) in [5, 5.41) is 11.9. The van der Waals surface area contributed by atoms with Crippen LogP contribution in [-0.2, 0) is 11.3 Å². The van der Waals surface area contributed by atoms with Gasteiger partial charge in [-0.2, -0.15) is 10.2 Å². The molecular weight excluding hydrogens is 340 g/mol. The van der Waals surface area contributed by atoms with Gasteiger partial charge in [-0.3, -0.25) is 4.79 Å². The van der Waals surface area contributed by atoms with E-state index in [0.717, 1.165) is 37.1 Å². The van der Waals surface area contributed by atoms with Crippen molar-refractivity contribution in [2.24, 2.45) is 0 Å². The third-order valence-electron chi connectivity index (χ3n) is 5.39. The van der Waals surface area contributed by atoms with Crippen LogP contribution in [0, 0.1) is 13.8 Å². The highest BCUT2D eigenvalue weighted by Gasteiger charge is 2.20. The highest BCUT2D eigenvalue weighted by Crippen LogP contribution is 2.33. The average Bonchev–Trinajstić information content (AvgIpc) is 3.03. The Morgan fingerprint density at radius 1 is 1.26 bits per heavy atom. The number of fused-ring (bicyclic) bond motifs is 1. The molecule has 1 amide bonds. The van der Waals surface area contributed by atoms with Gasteiger partial charge in [-0.25, -0.2) is 0 Å². The lowest BCUT2D eigenvalue weighted by Crippen LogP contribution is -2.24. The fourth-order valence-corrected chi connectivity index (χ4v) is 3.82. The Kier molecular flexibility index (Phi) is 4.90. The SMILES string of the molecule is Cc1nnccc1C(=O)NCc1ccc2[nH]c(C3CCOCC3)c(C)c2c1. The number of aromatic amines is 1.